The van der Waals surface area contributed by atoms with Gasteiger partial charge in [-0.15, -0.1) is 11.3 Å². The average molecular weight is 432 g/mol. The lowest BCUT2D eigenvalue weighted by atomic mass is 10.2. The van der Waals surface area contributed by atoms with Gasteiger partial charge in [-0.2, -0.15) is 4.98 Å². The molecule has 10 heteroatoms. The topological polar surface area (TPSA) is 72.7 Å². The van der Waals surface area contributed by atoms with Crippen molar-refractivity contribution in [2.45, 2.75) is 6.54 Å². The molecule has 2 heterocycles. The van der Waals surface area contributed by atoms with Crippen LogP contribution in [-0.4, -0.2) is 19.5 Å². The molecule has 0 radical (unpaired) electrons. The highest BCUT2D eigenvalue weighted by molar-refractivity contribution is 7.14. The summed E-state index contributed by atoms with van der Waals surface area (Å²) in [4.78, 5) is 24.6. The van der Waals surface area contributed by atoms with E-state index in [2.05, 4.69) is 20.3 Å². The Kier molecular flexibility index (Phi) is 5.32. The Hall–Kier alpha value is -3.17. The molecule has 4 aromatic rings. The lowest BCUT2D eigenvalue weighted by Gasteiger charge is -2.06. The number of nitrogens with zero attached hydrogens (tertiary/aromatic N) is 4. The normalized spacial score (nSPS) is 10.9. The Balaban J connectivity index is 1.49. The highest BCUT2D eigenvalue weighted by Gasteiger charge is 2.10. The van der Waals surface area contributed by atoms with Crippen LogP contribution in [0.25, 0.3) is 11.3 Å². The molecule has 146 valence electrons. The predicted molar refractivity (Wildman–Crippen MR) is 108 cm³/mol. The van der Waals surface area contributed by atoms with Crippen LogP contribution in [0.15, 0.2) is 59.0 Å². The lowest BCUT2D eigenvalue weighted by Crippen LogP contribution is -2.24. The van der Waals surface area contributed by atoms with Gasteiger partial charge in [0.2, 0.25) is 5.95 Å². The number of hydrogen-bond acceptors (Lipinski definition) is 6. The fourth-order valence-electron chi connectivity index (χ4n) is 2.53. The minimum absolute atomic E-state index is 0.0912. The van der Waals surface area contributed by atoms with Crippen molar-refractivity contribution in [2.24, 2.45) is 0 Å². The predicted octanol–water partition coefficient (Wildman–Crippen LogP) is 4.49. The number of rotatable bonds is 5. The molecule has 29 heavy (non-hydrogen) atoms. The fraction of sp³-hybridized carbons (Fsp3) is 0.0526. The highest BCUT2D eigenvalue weighted by Crippen LogP contribution is 2.27. The van der Waals surface area contributed by atoms with E-state index in [0.29, 0.717) is 28.0 Å². The third-order valence-corrected chi connectivity index (χ3v) is 4.98. The molecule has 0 spiro atoms. The average Bonchev–Trinajstić information content (AvgIpc) is 3.16. The number of aromatic nitrogens is 4. The summed E-state index contributed by atoms with van der Waals surface area (Å²) in [6.45, 7) is 0.313. The largest absolute Gasteiger partial charge is 0.352 e. The minimum atomic E-state index is -0.947. The van der Waals surface area contributed by atoms with E-state index in [1.165, 1.54) is 28.3 Å². The zero-order chi connectivity index (χ0) is 20.4. The number of thiazole rings is 1. The molecule has 0 saturated heterocycles. The maximum atomic E-state index is 13.4. The van der Waals surface area contributed by atoms with Crippen LogP contribution in [0.5, 0.6) is 0 Å². The quantitative estimate of drug-likeness (QED) is 0.504. The summed E-state index contributed by atoms with van der Waals surface area (Å²) in [5, 5.41) is 5.55. The van der Waals surface area contributed by atoms with E-state index < -0.39 is 17.3 Å². The van der Waals surface area contributed by atoms with E-state index in [0.717, 1.165) is 17.7 Å². The smallest absolute Gasteiger partial charge is 0.300 e. The molecule has 2 aromatic heterocycles. The van der Waals surface area contributed by atoms with Gasteiger partial charge in [0.25, 0.3) is 0 Å². The first-order valence-electron chi connectivity index (χ1n) is 8.34. The maximum absolute atomic E-state index is 13.4. The highest BCUT2D eigenvalue weighted by atomic mass is 35.5. The Morgan fingerprint density at radius 1 is 1.07 bits per heavy atom. The molecule has 0 saturated carbocycles. The van der Waals surface area contributed by atoms with Crippen molar-refractivity contribution in [1.29, 1.82) is 0 Å². The molecule has 2 aromatic carbocycles. The number of nitrogens with one attached hydrogen (secondary N) is 1. The summed E-state index contributed by atoms with van der Waals surface area (Å²) in [6, 6.07) is 10.7. The van der Waals surface area contributed by atoms with Crippen molar-refractivity contribution < 1.29 is 8.78 Å². The third-order valence-electron chi connectivity index (χ3n) is 3.97. The Morgan fingerprint density at radius 2 is 1.86 bits per heavy atom. The standard InChI is InChI=1S/C19H12ClF2N5OS/c20-13-4-1-11(2-5-13)8-27-10-23-17(26-19(27)28)25-18-24-16(9-29-18)12-3-6-14(21)15(22)7-12/h1-7,9-10H,8H2,(H,24,25,26,28). The van der Waals surface area contributed by atoms with Crippen LogP contribution >= 0.6 is 22.9 Å². The Morgan fingerprint density at radius 3 is 2.59 bits per heavy atom. The molecular formula is C19H12ClF2N5OS. The van der Waals surface area contributed by atoms with Crippen LogP contribution in [0.4, 0.5) is 19.9 Å². The van der Waals surface area contributed by atoms with Crippen molar-refractivity contribution >= 4 is 34.0 Å². The fourth-order valence-corrected chi connectivity index (χ4v) is 3.37. The van der Waals surface area contributed by atoms with Gasteiger partial charge >= 0.3 is 5.69 Å². The molecular weight excluding hydrogens is 420 g/mol. The third kappa shape index (κ3) is 4.47. The Labute approximate surface area is 172 Å². The molecule has 1 N–H and O–H groups in total. The van der Waals surface area contributed by atoms with E-state index >= 15 is 0 Å². The van der Waals surface area contributed by atoms with Crippen LogP contribution in [0.1, 0.15) is 5.56 Å². The number of halogens is 3. The second-order valence-corrected chi connectivity index (χ2v) is 7.30. The summed E-state index contributed by atoms with van der Waals surface area (Å²) < 4.78 is 27.8. The van der Waals surface area contributed by atoms with Gasteiger partial charge in [0.15, 0.2) is 16.8 Å². The molecule has 0 amide bonds. The molecule has 6 nitrogen and oxygen atoms in total. The molecule has 4 rings (SSSR count). The second kappa shape index (κ2) is 8.06. The summed E-state index contributed by atoms with van der Waals surface area (Å²) in [7, 11) is 0. The van der Waals surface area contributed by atoms with Gasteiger partial charge in [-0.1, -0.05) is 23.7 Å². The molecule has 0 aliphatic carbocycles. The maximum Gasteiger partial charge on any atom is 0.352 e. The van der Waals surface area contributed by atoms with Gasteiger partial charge < -0.3 is 0 Å². The van der Waals surface area contributed by atoms with E-state index in [9.17, 15) is 13.6 Å². The van der Waals surface area contributed by atoms with Gasteiger partial charge in [0, 0.05) is 16.0 Å². The van der Waals surface area contributed by atoms with E-state index in [1.54, 1.807) is 17.5 Å². The molecule has 0 bridgehead atoms. The lowest BCUT2D eigenvalue weighted by molar-refractivity contribution is 0.509. The molecule has 0 aliphatic heterocycles. The van der Waals surface area contributed by atoms with E-state index in [1.807, 2.05) is 12.1 Å². The second-order valence-electron chi connectivity index (χ2n) is 6.01. The first-order valence-corrected chi connectivity index (χ1v) is 9.59. The monoisotopic (exact) mass is 431 g/mol. The van der Waals surface area contributed by atoms with Crippen molar-refractivity contribution in [3.8, 4) is 11.3 Å². The first kappa shape index (κ1) is 19.2. The Bertz CT molecular complexity index is 1230. The van der Waals surface area contributed by atoms with Gasteiger partial charge in [0.05, 0.1) is 12.2 Å². The van der Waals surface area contributed by atoms with Crippen LogP contribution in [0.3, 0.4) is 0 Å². The van der Waals surface area contributed by atoms with Crippen LogP contribution in [0, 0.1) is 11.6 Å². The van der Waals surface area contributed by atoms with Crippen molar-refractivity contribution in [3.63, 3.8) is 0 Å². The van der Waals surface area contributed by atoms with Crippen LogP contribution < -0.4 is 11.0 Å². The van der Waals surface area contributed by atoms with Crippen molar-refractivity contribution in [3.05, 3.63) is 86.9 Å². The summed E-state index contributed by atoms with van der Waals surface area (Å²) in [5.41, 5.74) is 1.31. The number of benzene rings is 2. The van der Waals surface area contributed by atoms with E-state index in [-0.39, 0.29) is 5.95 Å². The number of hydrogen-bond donors (Lipinski definition) is 1. The molecule has 0 aliphatic rings. The SMILES string of the molecule is O=c1nc(Nc2nc(-c3ccc(F)c(F)c3)cs2)ncn1Cc1ccc(Cl)cc1. The summed E-state index contributed by atoms with van der Waals surface area (Å²) in [6.07, 6.45) is 1.39. The van der Waals surface area contributed by atoms with Gasteiger partial charge in [-0.3, -0.25) is 9.88 Å². The zero-order valence-electron chi connectivity index (χ0n) is 14.6. The van der Waals surface area contributed by atoms with Gasteiger partial charge in [-0.05, 0) is 35.9 Å². The molecule has 0 atom stereocenters. The van der Waals surface area contributed by atoms with Crippen LogP contribution in [0.2, 0.25) is 5.02 Å². The van der Waals surface area contributed by atoms with Gasteiger partial charge in [0.1, 0.15) is 6.33 Å². The number of anilines is 2. The summed E-state index contributed by atoms with van der Waals surface area (Å²) >= 11 is 7.08. The van der Waals surface area contributed by atoms with E-state index in [4.69, 9.17) is 11.6 Å². The van der Waals surface area contributed by atoms with Gasteiger partial charge in [-0.25, -0.2) is 23.5 Å². The van der Waals surface area contributed by atoms with Crippen LogP contribution in [-0.2, 0) is 6.54 Å². The minimum Gasteiger partial charge on any atom is -0.300 e. The summed E-state index contributed by atoms with van der Waals surface area (Å²) in [5.74, 6) is -1.78. The first-order chi connectivity index (χ1) is 14.0. The molecule has 0 unspecified atom stereocenters. The van der Waals surface area contributed by atoms with Crippen molar-refractivity contribution in [2.75, 3.05) is 5.32 Å². The zero-order valence-corrected chi connectivity index (χ0v) is 16.2. The molecule has 0 fully saturated rings. The van der Waals surface area contributed by atoms with Crippen molar-refractivity contribution in [1.82, 2.24) is 19.5 Å².